The van der Waals surface area contributed by atoms with Gasteiger partial charge in [-0.15, -0.1) is 0 Å². The molecule has 2 rings (SSSR count). The van der Waals surface area contributed by atoms with E-state index in [0.29, 0.717) is 11.3 Å². The van der Waals surface area contributed by atoms with Crippen molar-refractivity contribution in [3.63, 3.8) is 0 Å². The van der Waals surface area contributed by atoms with Gasteiger partial charge in [0.2, 0.25) is 0 Å². The van der Waals surface area contributed by atoms with E-state index in [1.54, 1.807) is 13.8 Å². The van der Waals surface area contributed by atoms with Gasteiger partial charge >= 0.3 is 12.1 Å². The molecule has 1 aromatic rings. The minimum Gasteiger partial charge on any atom is -0.477 e. The number of nitrogens with zero attached hydrogens (tertiary/aromatic N) is 3. The van der Waals surface area contributed by atoms with Crippen LogP contribution in [0.2, 0.25) is 0 Å². The van der Waals surface area contributed by atoms with Crippen molar-refractivity contribution in [3.8, 4) is 5.88 Å². The van der Waals surface area contributed by atoms with Crippen molar-refractivity contribution >= 4 is 11.7 Å². The molecule has 11 heteroatoms. The van der Waals surface area contributed by atoms with Gasteiger partial charge in [-0.3, -0.25) is 5.73 Å². The average Bonchev–Trinajstić information content (AvgIpc) is 2.51. The van der Waals surface area contributed by atoms with Crippen LogP contribution in [0.1, 0.15) is 25.5 Å². The quantitative estimate of drug-likeness (QED) is 0.764. The second-order valence-electron chi connectivity index (χ2n) is 5.56. The Labute approximate surface area is 145 Å². The fourth-order valence-electron chi connectivity index (χ4n) is 2.46. The van der Waals surface area contributed by atoms with Crippen LogP contribution in [0.4, 0.5) is 17.6 Å². The number of alkyl halides is 3. The molecular weight excluding hydrogens is 360 g/mol. The van der Waals surface area contributed by atoms with Gasteiger partial charge in [0.25, 0.3) is 5.88 Å². The second kappa shape index (κ2) is 7.28. The van der Waals surface area contributed by atoms with Crippen LogP contribution in [0.3, 0.4) is 0 Å². The summed E-state index contributed by atoms with van der Waals surface area (Å²) in [5, 5.41) is 8.99. The standard InChI is InChI=1S/C15H16F4N4O3/c1-7-3-11(13(24)25)22-14(20)23(7)8(2)9-4-10(16)12(21-5-9)26-6-15(17,18)19/h3-5,8,14H,6,20H2,1-2H3,(H,24,25). The first-order valence-corrected chi connectivity index (χ1v) is 7.38. The predicted octanol–water partition coefficient (Wildman–Crippen LogP) is 2.21. The van der Waals surface area contributed by atoms with Gasteiger partial charge in [0, 0.05) is 11.9 Å². The number of hydrogen-bond donors (Lipinski definition) is 2. The number of aromatic nitrogens is 1. The van der Waals surface area contributed by atoms with Crippen LogP contribution in [-0.4, -0.2) is 45.7 Å². The summed E-state index contributed by atoms with van der Waals surface area (Å²) in [4.78, 5) is 19.9. The predicted molar refractivity (Wildman–Crippen MR) is 82.8 cm³/mol. The Morgan fingerprint density at radius 1 is 1.50 bits per heavy atom. The van der Waals surface area contributed by atoms with Crippen LogP contribution in [0.15, 0.2) is 29.0 Å². The lowest BCUT2D eigenvalue weighted by Crippen LogP contribution is -2.44. The zero-order valence-electron chi connectivity index (χ0n) is 13.8. The molecule has 3 N–H and O–H groups in total. The number of rotatable bonds is 5. The molecule has 0 saturated heterocycles. The second-order valence-corrected chi connectivity index (χ2v) is 5.56. The summed E-state index contributed by atoms with van der Waals surface area (Å²) < 4.78 is 54.7. The highest BCUT2D eigenvalue weighted by Crippen LogP contribution is 2.29. The molecule has 26 heavy (non-hydrogen) atoms. The molecule has 1 aliphatic heterocycles. The molecule has 2 atom stereocenters. The molecule has 7 nitrogen and oxygen atoms in total. The topological polar surface area (TPSA) is 101 Å². The van der Waals surface area contributed by atoms with E-state index in [1.165, 1.54) is 11.0 Å². The lowest BCUT2D eigenvalue weighted by Gasteiger charge is -2.37. The Balaban J connectivity index is 2.20. The van der Waals surface area contributed by atoms with Crippen molar-refractivity contribution in [2.75, 3.05) is 6.61 Å². The maximum Gasteiger partial charge on any atom is 0.422 e. The molecule has 0 radical (unpaired) electrons. The molecule has 0 bridgehead atoms. The molecule has 1 aromatic heterocycles. The number of halogens is 4. The van der Waals surface area contributed by atoms with Crippen LogP contribution >= 0.6 is 0 Å². The van der Waals surface area contributed by atoms with E-state index >= 15 is 0 Å². The Bertz CT molecular complexity index is 764. The molecule has 0 amide bonds. The Kier molecular flexibility index (Phi) is 5.50. The van der Waals surface area contributed by atoms with Gasteiger partial charge in [0.1, 0.15) is 5.71 Å². The number of aliphatic carboxylic acids is 1. The van der Waals surface area contributed by atoms with Crippen molar-refractivity contribution in [1.82, 2.24) is 9.88 Å². The summed E-state index contributed by atoms with van der Waals surface area (Å²) in [6.07, 6.45) is -3.16. The van der Waals surface area contributed by atoms with Crippen molar-refractivity contribution in [2.24, 2.45) is 10.7 Å². The zero-order chi connectivity index (χ0) is 19.6. The van der Waals surface area contributed by atoms with Gasteiger partial charge in [0.15, 0.2) is 18.7 Å². The molecule has 0 fully saturated rings. The van der Waals surface area contributed by atoms with Crippen molar-refractivity contribution < 1.29 is 32.2 Å². The van der Waals surface area contributed by atoms with Crippen molar-refractivity contribution in [1.29, 1.82) is 0 Å². The highest BCUT2D eigenvalue weighted by Gasteiger charge is 2.30. The molecule has 2 heterocycles. The van der Waals surface area contributed by atoms with E-state index in [1.807, 2.05) is 0 Å². The molecule has 2 unspecified atom stereocenters. The molecule has 0 aliphatic carbocycles. The van der Waals surface area contributed by atoms with Gasteiger partial charge in [0.05, 0.1) is 6.04 Å². The number of carboxylic acids is 1. The summed E-state index contributed by atoms with van der Waals surface area (Å²) in [6, 6.07) is 0.416. The zero-order valence-corrected chi connectivity index (χ0v) is 13.8. The van der Waals surface area contributed by atoms with Crippen LogP contribution in [-0.2, 0) is 4.79 Å². The van der Waals surface area contributed by atoms with Crippen LogP contribution in [0.25, 0.3) is 0 Å². The molecule has 0 spiro atoms. The van der Waals surface area contributed by atoms with E-state index in [9.17, 15) is 22.4 Å². The maximum atomic E-state index is 14.0. The minimum absolute atomic E-state index is 0.210. The van der Waals surface area contributed by atoms with Crippen LogP contribution in [0.5, 0.6) is 5.88 Å². The van der Waals surface area contributed by atoms with E-state index < -0.39 is 42.8 Å². The highest BCUT2D eigenvalue weighted by molar-refractivity contribution is 6.40. The van der Waals surface area contributed by atoms with E-state index in [2.05, 4.69) is 14.7 Å². The normalized spacial score (nSPS) is 18.9. The number of pyridine rings is 1. The summed E-state index contributed by atoms with van der Waals surface area (Å²) in [6.45, 7) is 1.60. The number of carbonyl (C=O) groups is 1. The smallest absolute Gasteiger partial charge is 0.422 e. The van der Waals surface area contributed by atoms with Gasteiger partial charge in [-0.25, -0.2) is 19.2 Å². The Morgan fingerprint density at radius 2 is 2.15 bits per heavy atom. The van der Waals surface area contributed by atoms with Gasteiger partial charge < -0.3 is 14.7 Å². The maximum absolute atomic E-state index is 14.0. The molecule has 0 saturated carbocycles. The largest absolute Gasteiger partial charge is 0.477 e. The highest BCUT2D eigenvalue weighted by atomic mass is 19.4. The third kappa shape index (κ3) is 4.48. The first-order valence-electron chi connectivity index (χ1n) is 7.38. The third-order valence-corrected chi connectivity index (χ3v) is 3.63. The van der Waals surface area contributed by atoms with Crippen LogP contribution < -0.4 is 10.5 Å². The fraction of sp³-hybridized carbons (Fsp3) is 0.400. The van der Waals surface area contributed by atoms with E-state index in [0.717, 1.165) is 12.3 Å². The monoisotopic (exact) mass is 376 g/mol. The Morgan fingerprint density at radius 3 is 2.65 bits per heavy atom. The first-order chi connectivity index (χ1) is 12.0. The van der Waals surface area contributed by atoms with Crippen molar-refractivity contribution in [2.45, 2.75) is 32.4 Å². The van der Waals surface area contributed by atoms with Crippen LogP contribution in [0, 0.1) is 5.82 Å². The SMILES string of the molecule is CC1=CC(C(=O)O)=NC(N)N1C(C)c1cnc(OCC(F)(F)F)c(F)c1. The van der Waals surface area contributed by atoms with E-state index in [-0.39, 0.29) is 5.71 Å². The lowest BCUT2D eigenvalue weighted by molar-refractivity contribution is -0.154. The number of allylic oxidation sites excluding steroid dienone is 1. The molecule has 142 valence electrons. The minimum atomic E-state index is -4.61. The number of nitrogens with two attached hydrogens (primary N) is 1. The first kappa shape index (κ1) is 19.6. The summed E-state index contributed by atoms with van der Waals surface area (Å²) in [5.74, 6) is -3.05. The molecular formula is C15H16F4N4O3. The lowest BCUT2D eigenvalue weighted by atomic mass is 10.1. The van der Waals surface area contributed by atoms with Crippen molar-refractivity contribution in [3.05, 3.63) is 35.4 Å². The van der Waals surface area contributed by atoms with Gasteiger partial charge in [-0.2, -0.15) is 13.2 Å². The number of aliphatic imine (C=N–C) groups is 1. The molecule has 1 aliphatic rings. The Hall–Kier alpha value is -2.69. The molecule has 0 aromatic carbocycles. The summed E-state index contributed by atoms with van der Waals surface area (Å²) in [7, 11) is 0. The third-order valence-electron chi connectivity index (χ3n) is 3.63. The van der Waals surface area contributed by atoms with Gasteiger partial charge in [-0.05, 0) is 31.6 Å². The number of ether oxygens (including phenoxy) is 1. The van der Waals surface area contributed by atoms with E-state index in [4.69, 9.17) is 10.8 Å². The van der Waals surface area contributed by atoms with Gasteiger partial charge in [-0.1, -0.05) is 0 Å². The average molecular weight is 376 g/mol. The fourth-order valence-corrected chi connectivity index (χ4v) is 2.46. The summed E-state index contributed by atoms with van der Waals surface area (Å²) in [5.41, 5.74) is 6.45. The summed E-state index contributed by atoms with van der Waals surface area (Å²) >= 11 is 0. The number of carboxylic acid groups (broad SMARTS) is 1. The number of hydrogen-bond acceptors (Lipinski definition) is 6.